The second kappa shape index (κ2) is 10.2. The van der Waals surface area contributed by atoms with Crippen molar-refractivity contribution in [1.82, 2.24) is 10.6 Å². The Morgan fingerprint density at radius 1 is 1.40 bits per heavy atom. The summed E-state index contributed by atoms with van der Waals surface area (Å²) >= 11 is 0. The highest BCUT2D eigenvalue weighted by atomic mass is 19.1. The van der Waals surface area contributed by atoms with E-state index >= 15 is 0 Å². The van der Waals surface area contributed by atoms with Gasteiger partial charge in [0.25, 0.3) is 0 Å². The summed E-state index contributed by atoms with van der Waals surface area (Å²) in [6, 6.07) is 5.09. The summed E-state index contributed by atoms with van der Waals surface area (Å²) in [4.78, 5) is 4.51. The average molecular weight is 351 g/mol. The molecule has 0 aromatic heterocycles. The van der Waals surface area contributed by atoms with Crippen LogP contribution in [0.1, 0.15) is 44.7 Å². The third kappa shape index (κ3) is 6.90. The first kappa shape index (κ1) is 19.5. The number of rotatable bonds is 10. The van der Waals surface area contributed by atoms with Crippen molar-refractivity contribution in [3.8, 4) is 5.75 Å². The maximum atomic E-state index is 14.2. The van der Waals surface area contributed by atoms with Crippen molar-refractivity contribution >= 4 is 5.96 Å². The van der Waals surface area contributed by atoms with E-state index in [1.54, 1.807) is 13.2 Å². The van der Waals surface area contributed by atoms with E-state index in [2.05, 4.69) is 15.6 Å². The second-order valence-electron chi connectivity index (χ2n) is 6.42. The molecule has 140 valence electrons. The molecule has 25 heavy (non-hydrogen) atoms. The Bertz CT molecular complexity index is 562. The Morgan fingerprint density at radius 2 is 2.20 bits per heavy atom. The minimum Gasteiger partial charge on any atom is -0.490 e. The Morgan fingerprint density at radius 3 is 2.84 bits per heavy atom. The van der Waals surface area contributed by atoms with E-state index in [-0.39, 0.29) is 11.9 Å². The van der Waals surface area contributed by atoms with Crippen molar-refractivity contribution in [2.75, 3.05) is 33.4 Å². The first-order chi connectivity index (χ1) is 12.1. The van der Waals surface area contributed by atoms with Crippen molar-refractivity contribution in [1.29, 1.82) is 0 Å². The summed E-state index contributed by atoms with van der Waals surface area (Å²) in [6.07, 6.45) is 3.25. The van der Waals surface area contributed by atoms with Gasteiger partial charge in [-0.05, 0) is 56.7 Å². The number of aliphatic imine (C=N–C) groups is 1. The van der Waals surface area contributed by atoms with Gasteiger partial charge in [-0.1, -0.05) is 6.07 Å². The number of guanidine groups is 1. The summed E-state index contributed by atoms with van der Waals surface area (Å²) < 4.78 is 24.8. The van der Waals surface area contributed by atoms with Crippen molar-refractivity contribution in [2.45, 2.75) is 39.2 Å². The van der Waals surface area contributed by atoms with Crippen molar-refractivity contribution in [3.05, 3.63) is 29.6 Å². The highest BCUT2D eigenvalue weighted by Gasteiger charge is 2.22. The zero-order chi connectivity index (χ0) is 18.1. The third-order valence-corrected chi connectivity index (χ3v) is 4.10. The number of nitrogens with one attached hydrogen (secondary N) is 2. The second-order valence-corrected chi connectivity index (χ2v) is 6.42. The highest BCUT2D eigenvalue weighted by Crippen LogP contribution is 2.30. The maximum Gasteiger partial charge on any atom is 0.191 e. The molecule has 1 fully saturated rings. The van der Waals surface area contributed by atoms with E-state index in [0.717, 1.165) is 24.5 Å². The van der Waals surface area contributed by atoms with Crippen molar-refractivity contribution in [3.63, 3.8) is 0 Å². The van der Waals surface area contributed by atoms with Crippen LogP contribution in [-0.4, -0.2) is 39.4 Å². The van der Waals surface area contributed by atoms with Crippen LogP contribution >= 0.6 is 0 Å². The Balaban J connectivity index is 1.92. The molecule has 1 aliphatic carbocycles. The van der Waals surface area contributed by atoms with Gasteiger partial charge >= 0.3 is 0 Å². The predicted molar refractivity (Wildman–Crippen MR) is 98.6 cm³/mol. The van der Waals surface area contributed by atoms with E-state index in [1.165, 1.54) is 18.9 Å². The van der Waals surface area contributed by atoms with Gasteiger partial charge in [0.2, 0.25) is 0 Å². The maximum absolute atomic E-state index is 14.2. The SMILES string of the molecule is CCNC(=NCCCOC)NC(C)c1ccc(OCC2CC2)c(F)c1. The largest absolute Gasteiger partial charge is 0.490 e. The monoisotopic (exact) mass is 351 g/mol. The molecule has 1 aromatic carbocycles. The molecule has 2 rings (SSSR count). The fourth-order valence-electron chi connectivity index (χ4n) is 2.40. The van der Waals surface area contributed by atoms with Gasteiger partial charge in [-0.3, -0.25) is 4.99 Å². The molecule has 0 saturated heterocycles. The fraction of sp³-hybridized carbons (Fsp3) is 0.632. The van der Waals surface area contributed by atoms with Gasteiger partial charge < -0.3 is 20.1 Å². The van der Waals surface area contributed by atoms with Gasteiger partial charge in [-0.25, -0.2) is 4.39 Å². The molecule has 1 atom stereocenters. The lowest BCUT2D eigenvalue weighted by Gasteiger charge is -2.19. The molecular formula is C19H30FN3O2. The lowest BCUT2D eigenvalue weighted by molar-refractivity contribution is 0.197. The molecule has 1 aliphatic rings. The van der Waals surface area contributed by atoms with Gasteiger partial charge in [0.15, 0.2) is 17.5 Å². The summed E-state index contributed by atoms with van der Waals surface area (Å²) in [7, 11) is 1.68. The van der Waals surface area contributed by atoms with Crippen LogP contribution in [-0.2, 0) is 4.74 Å². The van der Waals surface area contributed by atoms with E-state index in [0.29, 0.717) is 31.4 Å². The molecule has 1 aromatic rings. The van der Waals surface area contributed by atoms with E-state index in [4.69, 9.17) is 9.47 Å². The van der Waals surface area contributed by atoms with Crippen LogP contribution in [0.15, 0.2) is 23.2 Å². The normalized spacial score (nSPS) is 15.8. The van der Waals surface area contributed by atoms with E-state index in [1.807, 2.05) is 19.9 Å². The smallest absolute Gasteiger partial charge is 0.191 e. The zero-order valence-corrected chi connectivity index (χ0v) is 15.5. The summed E-state index contributed by atoms with van der Waals surface area (Å²) in [5, 5.41) is 6.51. The molecule has 1 unspecified atom stereocenters. The Hall–Kier alpha value is -1.82. The third-order valence-electron chi connectivity index (χ3n) is 4.10. The average Bonchev–Trinajstić information content (AvgIpc) is 3.42. The zero-order valence-electron chi connectivity index (χ0n) is 15.5. The molecule has 2 N–H and O–H groups in total. The number of benzene rings is 1. The van der Waals surface area contributed by atoms with Crippen LogP contribution in [0, 0.1) is 11.7 Å². The van der Waals surface area contributed by atoms with Crippen molar-refractivity contribution in [2.24, 2.45) is 10.9 Å². The van der Waals surface area contributed by atoms with Crippen LogP contribution in [0.25, 0.3) is 0 Å². The minimum atomic E-state index is -0.311. The fourth-order valence-corrected chi connectivity index (χ4v) is 2.40. The highest BCUT2D eigenvalue weighted by molar-refractivity contribution is 5.80. The molecule has 1 saturated carbocycles. The summed E-state index contributed by atoms with van der Waals surface area (Å²) in [5.41, 5.74) is 0.860. The topological polar surface area (TPSA) is 54.9 Å². The lowest BCUT2D eigenvalue weighted by atomic mass is 10.1. The van der Waals surface area contributed by atoms with Crippen LogP contribution < -0.4 is 15.4 Å². The number of ether oxygens (including phenoxy) is 2. The van der Waals surface area contributed by atoms with Gasteiger partial charge in [0.05, 0.1) is 12.6 Å². The lowest BCUT2D eigenvalue weighted by Crippen LogP contribution is -2.38. The first-order valence-corrected chi connectivity index (χ1v) is 9.10. The van der Waals surface area contributed by atoms with Crippen LogP contribution in [0.5, 0.6) is 5.75 Å². The number of hydrogen-bond acceptors (Lipinski definition) is 3. The molecule has 5 nitrogen and oxygen atoms in total. The molecule has 0 aliphatic heterocycles. The number of hydrogen-bond donors (Lipinski definition) is 2. The van der Waals surface area contributed by atoms with Crippen molar-refractivity contribution < 1.29 is 13.9 Å². The summed E-state index contributed by atoms with van der Waals surface area (Å²) in [6.45, 7) is 6.75. The standard InChI is InChI=1S/C19H30FN3O2/c1-4-21-19(22-10-5-11-24-3)23-14(2)16-8-9-18(17(20)12-16)25-13-15-6-7-15/h8-9,12,14-15H,4-7,10-11,13H2,1-3H3,(H2,21,22,23). The molecule has 0 radical (unpaired) electrons. The molecule has 0 spiro atoms. The summed E-state index contributed by atoms with van der Waals surface area (Å²) in [5.74, 6) is 1.36. The van der Waals surface area contributed by atoms with Crippen LogP contribution in [0.4, 0.5) is 4.39 Å². The first-order valence-electron chi connectivity index (χ1n) is 9.10. The molecule has 0 bridgehead atoms. The molecule has 0 heterocycles. The Labute approximate surface area is 150 Å². The van der Waals surface area contributed by atoms with Gasteiger partial charge in [0, 0.05) is 26.8 Å². The van der Waals surface area contributed by atoms with E-state index < -0.39 is 0 Å². The molecular weight excluding hydrogens is 321 g/mol. The van der Waals surface area contributed by atoms with Gasteiger partial charge in [0.1, 0.15) is 0 Å². The quantitative estimate of drug-likeness (QED) is 0.386. The van der Waals surface area contributed by atoms with Gasteiger partial charge in [-0.2, -0.15) is 0 Å². The molecule has 6 heteroatoms. The predicted octanol–water partition coefficient (Wildman–Crippen LogP) is 3.27. The number of halogens is 1. The van der Waals surface area contributed by atoms with Gasteiger partial charge in [-0.15, -0.1) is 0 Å². The number of nitrogens with zero attached hydrogens (tertiary/aromatic N) is 1. The van der Waals surface area contributed by atoms with E-state index in [9.17, 15) is 4.39 Å². The Kier molecular flexibility index (Phi) is 7.98. The van der Waals surface area contributed by atoms with Crippen LogP contribution in [0.3, 0.4) is 0 Å². The molecule has 0 amide bonds. The minimum absolute atomic E-state index is 0.0628. The van der Waals surface area contributed by atoms with Crippen LogP contribution in [0.2, 0.25) is 0 Å². The number of methoxy groups -OCH3 is 1.